The van der Waals surface area contributed by atoms with Crippen LogP contribution in [0.5, 0.6) is 0 Å². The minimum atomic E-state index is -4.89. The second kappa shape index (κ2) is 15.0. The van der Waals surface area contributed by atoms with Crippen LogP contribution in [0.4, 0.5) is 26.3 Å². The van der Waals surface area contributed by atoms with Crippen LogP contribution in [0, 0.1) is 22.7 Å². The van der Waals surface area contributed by atoms with Crippen molar-refractivity contribution >= 4 is 21.8 Å². The molecule has 294 valence electrons. The molecule has 5 nitrogen and oxygen atoms in total. The van der Waals surface area contributed by atoms with Crippen LogP contribution in [0.2, 0.25) is 0 Å². The average Bonchev–Trinajstić information content (AvgIpc) is 3.60. The van der Waals surface area contributed by atoms with Crippen LogP contribution in [0.25, 0.3) is 83.6 Å². The highest BCUT2D eigenvalue weighted by atomic mass is 19.4. The third kappa shape index (κ3) is 7.02. The molecule has 0 bridgehead atoms. The smallest absolute Gasteiger partial charge is 0.308 e. The normalized spacial score (nSPS) is 11.7. The molecule has 0 atom stereocenters. The Morgan fingerprint density at radius 1 is 0.426 bits per heavy atom. The lowest BCUT2D eigenvalue weighted by Gasteiger charge is -2.24. The Kier molecular flexibility index (Phi) is 9.45. The van der Waals surface area contributed by atoms with Gasteiger partial charge in [-0.3, -0.25) is 0 Å². The van der Waals surface area contributed by atoms with Gasteiger partial charge in [-0.25, -0.2) is 9.97 Å². The van der Waals surface area contributed by atoms with E-state index in [1.165, 1.54) is 60.7 Å². The number of hydrogen-bond donors (Lipinski definition) is 0. The first-order chi connectivity index (χ1) is 29.4. The molecule has 0 amide bonds. The molecule has 2 aromatic heterocycles. The van der Waals surface area contributed by atoms with Gasteiger partial charge >= 0.3 is 12.4 Å². The standard InChI is InChI=1S/C50H27F6N5/c51-49(52,53)41-17-9-7-15-35(41)39-25-34(48-59-43(32-11-3-1-4-12-32)27-44(60-48)33-13-5-2-6-14-33)26-40(36-16-8-10-18-42(36)50(54,55)56)47(39)61-45-21-19-30(28-57)23-37(45)38-24-31(29-58)20-22-46(38)61/h1-27H. The third-order valence-corrected chi connectivity index (χ3v) is 10.5. The molecule has 0 aliphatic heterocycles. The van der Waals surface area contributed by atoms with Gasteiger partial charge < -0.3 is 4.57 Å². The van der Waals surface area contributed by atoms with Crippen molar-refractivity contribution in [1.82, 2.24) is 14.5 Å². The van der Waals surface area contributed by atoms with Crippen molar-refractivity contribution in [2.24, 2.45) is 0 Å². The minimum absolute atomic E-state index is 0.00550. The number of hydrogen-bond acceptors (Lipinski definition) is 4. The van der Waals surface area contributed by atoms with Crippen LogP contribution in [0.15, 0.2) is 164 Å². The highest BCUT2D eigenvalue weighted by Crippen LogP contribution is 2.49. The fourth-order valence-corrected chi connectivity index (χ4v) is 7.84. The topological polar surface area (TPSA) is 78.3 Å². The van der Waals surface area contributed by atoms with E-state index in [-0.39, 0.29) is 50.5 Å². The summed E-state index contributed by atoms with van der Waals surface area (Å²) in [6.45, 7) is 0. The highest BCUT2D eigenvalue weighted by Gasteiger charge is 2.37. The first-order valence-electron chi connectivity index (χ1n) is 18.8. The van der Waals surface area contributed by atoms with E-state index in [1.54, 1.807) is 34.9 Å². The summed E-state index contributed by atoms with van der Waals surface area (Å²) in [6, 6.07) is 46.6. The zero-order valence-corrected chi connectivity index (χ0v) is 31.6. The number of rotatable bonds is 6. The molecule has 0 N–H and O–H groups in total. The van der Waals surface area contributed by atoms with Gasteiger partial charge in [-0.2, -0.15) is 36.9 Å². The van der Waals surface area contributed by atoms with Gasteiger partial charge in [0.05, 0.1) is 62.5 Å². The predicted octanol–water partition coefficient (Wildman–Crippen LogP) is 13.7. The van der Waals surface area contributed by atoms with Crippen molar-refractivity contribution in [1.29, 1.82) is 10.5 Å². The number of fused-ring (bicyclic) bond motifs is 3. The van der Waals surface area contributed by atoms with Crippen LogP contribution in [-0.4, -0.2) is 14.5 Å². The molecule has 0 fully saturated rings. The molecule has 0 saturated carbocycles. The molecule has 0 spiro atoms. The number of nitriles is 2. The Balaban J connectivity index is 1.50. The van der Waals surface area contributed by atoms with Crippen LogP contribution in [-0.2, 0) is 12.4 Å². The summed E-state index contributed by atoms with van der Waals surface area (Å²) in [5.74, 6) is 0.0581. The lowest BCUT2D eigenvalue weighted by atomic mass is 9.88. The highest BCUT2D eigenvalue weighted by molar-refractivity contribution is 6.11. The summed E-state index contributed by atoms with van der Waals surface area (Å²) in [4.78, 5) is 9.84. The summed E-state index contributed by atoms with van der Waals surface area (Å²) >= 11 is 0. The van der Waals surface area contributed by atoms with Gasteiger partial charge in [0, 0.05) is 38.6 Å². The van der Waals surface area contributed by atoms with Crippen molar-refractivity contribution in [3.63, 3.8) is 0 Å². The zero-order valence-electron chi connectivity index (χ0n) is 31.6. The van der Waals surface area contributed by atoms with Gasteiger partial charge in [0.25, 0.3) is 0 Å². The van der Waals surface area contributed by atoms with Gasteiger partial charge in [-0.15, -0.1) is 0 Å². The summed E-state index contributed by atoms with van der Waals surface area (Å²) in [6.07, 6.45) is -9.77. The molecular weight excluding hydrogens is 785 g/mol. The predicted molar refractivity (Wildman–Crippen MR) is 223 cm³/mol. The van der Waals surface area contributed by atoms with Crippen molar-refractivity contribution in [2.75, 3.05) is 0 Å². The molecule has 7 aromatic carbocycles. The van der Waals surface area contributed by atoms with Gasteiger partial charge in [0.15, 0.2) is 5.82 Å². The van der Waals surface area contributed by atoms with Gasteiger partial charge in [-0.1, -0.05) is 97.1 Å². The summed E-state index contributed by atoms with van der Waals surface area (Å²) in [7, 11) is 0. The fourth-order valence-electron chi connectivity index (χ4n) is 7.84. The van der Waals surface area contributed by atoms with Gasteiger partial charge in [0.1, 0.15) is 0 Å². The number of aromatic nitrogens is 3. The van der Waals surface area contributed by atoms with Crippen molar-refractivity contribution in [2.45, 2.75) is 12.4 Å². The molecule has 61 heavy (non-hydrogen) atoms. The van der Waals surface area contributed by atoms with E-state index in [0.717, 1.165) is 12.1 Å². The Hall–Kier alpha value is -8.02. The lowest BCUT2D eigenvalue weighted by molar-refractivity contribution is -0.137. The molecule has 0 unspecified atom stereocenters. The second-order valence-corrected chi connectivity index (χ2v) is 14.2. The van der Waals surface area contributed by atoms with E-state index in [4.69, 9.17) is 9.97 Å². The third-order valence-electron chi connectivity index (χ3n) is 10.5. The number of halogens is 6. The van der Waals surface area contributed by atoms with Crippen molar-refractivity contribution in [3.8, 4) is 74.0 Å². The quantitative estimate of drug-likeness (QED) is 0.157. The van der Waals surface area contributed by atoms with E-state index in [9.17, 15) is 10.5 Å². The van der Waals surface area contributed by atoms with Gasteiger partial charge in [0.2, 0.25) is 0 Å². The minimum Gasteiger partial charge on any atom is -0.308 e. The summed E-state index contributed by atoms with van der Waals surface area (Å²) in [5.41, 5.74) is 1.01. The second-order valence-electron chi connectivity index (χ2n) is 14.2. The molecule has 9 rings (SSSR count). The maximum atomic E-state index is 15.2. The fraction of sp³-hybridized carbons (Fsp3) is 0.0400. The Bertz CT molecular complexity index is 3040. The molecule has 0 aliphatic rings. The van der Waals surface area contributed by atoms with Crippen LogP contribution in [0.1, 0.15) is 22.3 Å². The van der Waals surface area contributed by atoms with Crippen molar-refractivity contribution < 1.29 is 26.3 Å². The van der Waals surface area contributed by atoms with Crippen LogP contribution in [0.3, 0.4) is 0 Å². The van der Waals surface area contributed by atoms with E-state index >= 15 is 26.3 Å². The van der Waals surface area contributed by atoms with E-state index < -0.39 is 23.5 Å². The lowest BCUT2D eigenvalue weighted by Crippen LogP contribution is -2.11. The molecule has 2 heterocycles. The van der Waals surface area contributed by atoms with E-state index in [2.05, 4.69) is 12.1 Å². The van der Waals surface area contributed by atoms with E-state index in [0.29, 0.717) is 44.3 Å². The summed E-state index contributed by atoms with van der Waals surface area (Å²) < 4.78 is 92.7. The SMILES string of the molecule is N#Cc1ccc2c(c1)c1cc(C#N)ccc1n2-c1c(-c2ccccc2C(F)(F)F)cc(-c2nc(-c3ccccc3)cc(-c3ccccc3)n2)cc1-c1ccccc1C(F)(F)F. The number of alkyl halides is 6. The molecule has 0 radical (unpaired) electrons. The Morgan fingerprint density at radius 3 is 1.25 bits per heavy atom. The van der Waals surface area contributed by atoms with Gasteiger partial charge in [-0.05, 0) is 77.9 Å². The Labute approximate surface area is 344 Å². The van der Waals surface area contributed by atoms with E-state index in [1.807, 2.05) is 60.7 Å². The molecule has 0 saturated heterocycles. The Morgan fingerprint density at radius 2 is 0.836 bits per heavy atom. The molecule has 0 aliphatic carbocycles. The monoisotopic (exact) mass is 811 g/mol. The molecule has 11 heteroatoms. The average molecular weight is 812 g/mol. The first-order valence-corrected chi connectivity index (χ1v) is 18.8. The van der Waals surface area contributed by atoms with Crippen molar-refractivity contribution in [3.05, 3.63) is 186 Å². The number of nitrogens with zero attached hydrogens (tertiary/aromatic N) is 5. The molecular formula is C50H27F6N5. The zero-order chi connectivity index (χ0) is 42.5. The maximum Gasteiger partial charge on any atom is 0.417 e. The summed E-state index contributed by atoms with van der Waals surface area (Å²) in [5, 5.41) is 20.7. The van der Waals surface area contributed by atoms with Crippen LogP contribution < -0.4 is 0 Å². The maximum absolute atomic E-state index is 15.2. The molecule has 9 aromatic rings. The largest absolute Gasteiger partial charge is 0.417 e. The number of benzene rings is 7. The van der Waals surface area contributed by atoms with Crippen LogP contribution >= 0.6 is 0 Å². The first kappa shape index (κ1) is 38.5.